The van der Waals surface area contributed by atoms with Crippen LogP contribution in [-0.4, -0.2) is 9.97 Å². The molecule has 0 spiro atoms. The molecule has 1 aliphatic carbocycles. The Bertz CT molecular complexity index is 1780. The van der Waals surface area contributed by atoms with Gasteiger partial charge in [-0.25, -0.2) is 0 Å². The van der Waals surface area contributed by atoms with Crippen LogP contribution in [0.3, 0.4) is 0 Å². The highest BCUT2D eigenvalue weighted by atomic mass is 16.3. The van der Waals surface area contributed by atoms with Crippen molar-refractivity contribution in [3.63, 3.8) is 0 Å². The molecule has 0 bridgehead atoms. The molecule has 0 atom stereocenters. The highest BCUT2D eigenvalue weighted by molar-refractivity contribution is 6.04. The predicted octanol–water partition coefficient (Wildman–Crippen LogP) is 8.67. The van der Waals surface area contributed by atoms with Gasteiger partial charge in [-0.2, -0.15) is 0 Å². The maximum Gasteiger partial charge on any atom is 0.140 e. The number of furan rings is 1. The third kappa shape index (κ3) is 3.74. The van der Waals surface area contributed by atoms with Gasteiger partial charge in [0.2, 0.25) is 0 Å². The van der Waals surface area contributed by atoms with Gasteiger partial charge in [0.15, 0.2) is 0 Å². The van der Waals surface area contributed by atoms with Gasteiger partial charge in [-0.05, 0) is 76.9 Å². The molecule has 3 heterocycles. The monoisotopic (exact) mass is 480 g/mol. The van der Waals surface area contributed by atoms with Gasteiger partial charge in [-0.15, -0.1) is 0 Å². The summed E-state index contributed by atoms with van der Waals surface area (Å²) in [6.45, 7) is 4.49. The lowest BCUT2D eigenvalue weighted by Gasteiger charge is -2.16. The third-order valence-electron chi connectivity index (χ3n) is 7.45. The molecule has 0 radical (unpaired) electrons. The van der Waals surface area contributed by atoms with Crippen LogP contribution in [0.2, 0.25) is 0 Å². The Labute approximate surface area is 216 Å². The fourth-order valence-electron chi connectivity index (χ4n) is 5.84. The lowest BCUT2D eigenvalue weighted by atomic mass is 9.89. The minimum atomic E-state index is 0.584. The quantitative estimate of drug-likeness (QED) is 0.253. The molecule has 3 heteroatoms. The summed E-state index contributed by atoms with van der Waals surface area (Å²) in [5, 5.41) is 3.59. The van der Waals surface area contributed by atoms with Gasteiger partial charge in [0.05, 0.1) is 16.8 Å². The summed E-state index contributed by atoms with van der Waals surface area (Å²) < 4.78 is 6.56. The van der Waals surface area contributed by atoms with Crippen LogP contribution >= 0.6 is 0 Å². The molecule has 0 aliphatic heterocycles. The Balaban J connectivity index is 1.45. The number of hydrogen-bond donors (Lipinski definition) is 0. The van der Waals surface area contributed by atoms with Gasteiger partial charge in [-0.1, -0.05) is 68.4 Å². The average Bonchev–Trinajstić information content (AvgIpc) is 3.32. The van der Waals surface area contributed by atoms with Crippen LogP contribution in [0.15, 0.2) is 95.7 Å². The van der Waals surface area contributed by atoms with Crippen LogP contribution in [0.1, 0.15) is 30.7 Å². The van der Waals surface area contributed by atoms with Crippen LogP contribution in [-0.2, 0) is 19.3 Å². The topological polar surface area (TPSA) is 38.9 Å². The molecule has 3 aromatic carbocycles. The fraction of sp³-hybridized carbons (Fsp3) is 0.176. The second-order valence-corrected chi connectivity index (χ2v) is 10.5. The van der Waals surface area contributed by atoms with E-state index in [1.807, 2.05) is 18.5 Å². The Morgan fingerprint density at radius 3 is 2.51 bits per heavy atom. The van der Waals surface area contributed by atoms with E-state index in [9.17, 15) is 0 Å². The number of fused-ring (bicyclic) bond motifs is 6. The SMILES string of the molecule is CC(C)Cc1cnc2c(c1)-c1oc3ccnc(-c4cc(-c5ccccc5)c5ccccc5c4)c3c1CC2. The molecule has 6 aromatic rings. The molecular formula is C34H28N2O. The molecule has 37 heavy (non-hydrogen) atoms. The minimum absolute atomic E-state index is 0.584. The molecule has 7 rings (SSSR count). The molecule has 180 valence electrons. The number of rotatable bonds is 4. The van der Waals surface area contributed by atoms with Crippen molar-refractivity contribution in [2.24, 2.45) is 5.92 Å². The highest BCUT2D eigenvalue weighted by Gasteiger charge is 2.26. The number of nitrogens with zero attached hydrogens (tertiary/aromatic N) is 2. The highest BCUT2D eigenvalue weighted by Crippen LogP contribution is 2.44. The van der Waals surface area contributed by atoms with Gasteiger partial charge in [0.25, 0.3) is 0 Å². The van der Waals surface area contributed by atoms with Crippen LogP contribution in [0, 0.1) is 5.92 Å². The van der Waals surface area contributed by atoms with E-state index in [4.69, 9.17) is 14.4 Å². The minimum Gasteiger partial charge on any atom is -0.456 e. The smallest absolute Gasteiger partial charge is 0.140 e. The summed E-state index contributed by atoms with van der Waals surface area (Å²) in [7, 11) is 0. The van der Waals surface area contributed by atoms with Crippen molar-refractivity contribution in [2.75, 3.05) is 0 Å². The Morgan fingerprint density at radius 1 is 0.811 bits per heavy atom. The van der Waals surface area contributed by atoms with E-state index >= 15 is 0 Å². The Morgan fingerprint density at radius 2 is 1.65 bits per heavy atom. The first-order chi connectivity index (χ1) is 18.2. The molecule has 0 amide bonds. The summed E-state index contributed by atoms with van der Waals surface area (Å²) in [5.74, 6) is 1.55. The Hall–Kier alpha value is -4.24. The lowest BCUT2D eigenvalue weighted by molar-refractivity contribution is 0.616. The lowest BCUT2D eigenvalue weighted by Crippen LogP contribution is -2.06. The molecule has 0 unspecified atom stereocenters. The first-order valence-electron chi connectivity index (χ1n) is 13.1. The van der Waals surface area contributed by atoms with Crippen molar-refractivity contribution >= 4 is 21.7 Å². The first kappa shape index (κ1) is 22.0. The van der Waals surface area contributed by atoms with Crippen molar-refractivity contribution < 1.29 is 4.42 Å². The maximum absolute atomic E-state index is 6.56. The number of aromatic nitrogens is 2. The fourth-order valence-corrected chi connectivity index (χ4v) is 5.84. The molecular weight excluding hydrogens is 452 g/mol. The number of benzene rings is 3. The van der Waals surface area contributed by atoms with Crippen LogP contribution in [0.4, 0.5) is 0 Å². The second kappa shape index (κ2) is 8.70. The summed E-state index contributed by atoms with van der Waals surface area (Å²) in [6.07, 6.45) is 6.75. The number of pyridine rings is 2. The standard InChI is InChI=1S/C34H28N2O/c1-21(2)16-22-17-29-30(36-20-22)13-12-27-32-31(37-34(27)29)14-15-35-33(32)25-18-24-10-6-7-11-26(24)28(19-25)23-8-4-3-5-9-23/h3-11,14-15,17-21H,12-13,16H2,1-2H3. The van der Waals surface area contributed by atoms with E-state index in [1.54, 1.807) is 0 Å². The molecule has 1 aliphatic rings. The van der Waals surface area contributed by atoms with Crippen LogP contribution < -0.4 is 0 Å². The van der Waals surface area contributed by atoms with Gasteiger partial charge in [-0.3, -0.25) is 9.97 Å². The van der Waals surface area contributed by atoms with E-state index in [-0.39, 0.29) is 0 Å². The number of hydrogen-bond acceptors (Lipinski definition) is 3. The molecule has 0 N–H and O–H groups in total. The van der Waals surface area contributed by atoms with Crippen molar-refractivity contribution in [3.05, 3.63) is 108 Å². The van der Waals surface area contributed by atoms with Gasteiger partial charge >= 0.3 is 0 Å². The summed E-state index contributed by atoms with van der Waals surface area (Å²) >= 11 is 0. The van der Waals surface area contributed by atoms with Crippen LogP contribution in [0.5, 0.6) is 0 Å². The van der Waals surface area contributed by atoms with E-state index < -0.39 is 0 Å². The van der Waals surface area contributed by atoms with Crippen LogP contribution in [0.25, 0.3) is 55.4 Å². The van der Waals surface area contributed by atoms with Gasteiger partial charge in [0.1, 0.15) is 11.3 Å². The van der Waals surface area contributed by atoms with E-state index in [2.05, 4.69) is 86.6 Å². The zero-order valence-electron chi connectivity index (χ0n) is 21.2. The van der Waals surface area contributed by atoms with E-state index in [0.717, 1.165) is 58.5 Å². The van der Waals surface area contributed by atoms with Gasteiger partial charge < -0.3 is 4.42 Å². The van der Waals surface area contributed by atoms with Crippen molar-refractivity contribution in [2.45, 2.75) is 33.1 Å². The average molecular weight is 481 g/mol. The van der Waals surface area contributed by atoms with Crippen molar-refractivity contribution in [1.82, 2.24) is 9.97 Å². The molecule has 3 nitrogen and oxygen atoms in total. The second-order valence-electron chi connectivity index (χ2n) is 10.5. The Kier molecular flexibility index (Phi) is 5.17. The largest absolute Gasteiger partial charge is 0.456 e. The van der Waals surface area contributed by atoms with Crippen molar-refractivity contribution in [1.29, 1.82) is 0 Å². The summed E-state index contributed by atoms with van der Waals surface area (Å²) in [6, 6.07) is 28.1. The summed E-state index contributed by atoms with van der Waals surface area (Å²) in [5.41, 5.74) is 10.2. The first-order valence-corrected chi connectivity index (χ1v) is 13.1. The van der Waals surface area contributed by atoms with E-state index in [1.165, 1.54) is 33.0 Å². The van der Waals surface area contributed by atoms with Gasteiger partial charge in [0, 0.05) is 29.1 Å². The maximum atomic E-state index is 6.56. The third-order valence-corrected chi connectivity index (χ3v) is 7.45. The zero-order valence-corrected chi connectivity index (χ0v) is 21.2. The molecule has 0 saturated heterocycles. The normalized spacial score (nSPS) is 12.7. The number of aryl methyl sites for hydroxylation is 2. The zero-order chi connectivity index (χ0) is 24.9. The van der Waals surface area contributed by atoms with E-state index in [0.29, 0.717) is 5.92 Å². The summed E-state index contributed by atoms with van der Waals surface area (Å²) in [4.78, 5) is 9.76. The molecule has 3 aromatic heterocycles. The van der Waals surface area contributed by atoms with Crippen molar-refractivity contribution in [3.8, 4) is 33.7 Å². The predicted molar refractivity (Wildman–Crippen MR) is 152 cm³/mol. The molecule has 0 fully saturated rings. The molecule has 0 saturated carbocycles.